The van der Waals surface area contributed by atoms with Crippen molar-refractivity contribution in [2.24, 2.45) is 0 Å². The summed E-state index contributed by atoms with van der Waals surface area (Å²) in [5.74, 6) is 3.98. The zero-order valence-corrected chi connectivity index (χ0v) is 10.8. The van der Waals surface area contributed by atoms with Crippen LogP contribution in [0.4, 0.5) is 10.1 Å². The monoisotopic (exact) mass is 283 g/mol. The van der Waals surface area contributed by atoms with Gasteiger partial charge in [0.1, 0.15) is 5.82 Å². The maximum atomic E-state index is 13.4. The highest BCUT2D eigenvalue weighted by molar-refractivity contribution is 8.13. The highest BCUT2D eigenvalue weighted by Crippen LogP contribution is 2.28. The molecule has 0 aliphatic rings. The first kappa shape index (κ1) is 15.0. The van der Waals surface area contributed by atoms with Crippen LogP contribution in [0.5, 0.6) is 5.75 Å². The van der Waals surface area contributed by atoms with Crippen molar-refractivity contribution >= 4 is 22.6 Å². The van der Waals surface area contributed by atoms with E-state index >= 15 is 0 Å². The van der Waals surface area contributed by atoms with Crippen molar-refractivity contribution in [3.8, 4) is 17.6 Å². The average Bonchev–Trinajstić information content (AvgIpc) is 2.30. The third-order valence-corrected chi connectivity index (χ3v) is 2.83. The molecule has 7 heteroatoms. The van der Waals surface area contributed by atoms with Gasteiger partial charge in [-0.2, -0.15) is 0 Å². The Hall–Kier alpha value is -2.07. The average molecular weight is 283 g/mol. The van der Waals surface area contributed by atoms with Crippen LogP contribution in [-0.4, -0.2) is 20.9 Å². The smallest absolute Gasteiger partial charge is 0.312 e. The number of benzene rings is 1. The molecule has 0 fully saturated rings. The molecular formula is C12H10FNO4S. The summed E-state index contributed by atoms with van der Waals surface area (Å²) in [4.78, 5) is 20.4. The molecule has 1 N–H and O–H groups in total. The van der Waals surface area contributed by atoms with Gasteiger partial charge in [0.05, 0.1) is 10.5 Å². The standard InChI is InChI=1S/C12H10FNO4S/c1-8(15)19-5-3-2-4-9-6-11(14(17)18)12(16)7-10(9)13/h6-7,16H,3,5H2,1H3. The van der Waals surface area contributed by atoms with E-state index in [4.69, 9.17) is 0 Å². The second-order valence-corrected chi connectivity index (χ2v) is 4.74. The minimum Gasteiger partial charge on any atom is -0.502 e. The van der Waals surface area contributed by atoms with Crippen LogP contribution in [0.15, 0.2) is 12.1 Å². The van der Waals surface area contributed by atoms with Gasteiger partial charge in [0.15, 0.2) is 10.9 Å². The number of phenolic OH excluding ortho intramolecular Hbond substituents is 1. The van der Waals surface area contributed by atoms with Crippen LogP contribution in [0, 0.1) is 27.8 Å². The summed E-state index contributed by atoms with van der Waals surface area (Å²) in [5, 5.41) is 19.7. The predicted molar refractivity (Wildman–Crippen MR) is 69.4 cm³/mol. The summed E-state index contributed by atoms with van der Waals surface area (Å²) in [6.45, 7) is 1.43. The molecule has 0 radical (unpaired) electrons. The first-order chi connectivity index (χ1) is 8.91. The van der Waals surface area contributed by atoms with Crippen LogP contribution < -0.4 is 0 Å². The first-order valence-electron chi connectivity index (χ1n) is 5.21. The molecule has 1 aromatic carbocycles. The van der Waals surface area contributed by atoms with Gasteiger partial charge in [-0.3, -0.25) is 14.9 Å². The molecule has 1 aromatic rings. The molecule has 1 rings (SSSR count). The minimum atomic E-state index is -0.824. The van der Waals surface area contributed by atoms with Gasteiger partial charge >= 0.3 is 5.69 Å². The van der Waals surface area contributed by atoms with Crippen molar-refractivity contribution in [3.63, 3.8) is 0 Å². The van der Waals surface area contributed by atoms with Gasteiger partial charge in [0.25, 0.3) is 0 Å². The molecule has 100 valence electrons. The van der Waals surface area contributed by atoms with Gasteiger partial charge in [-0.15, -0.1) is 0 Å². The lowest BCUT2D eigenvalue weighted by Crippen LogP contribution is -1.92. The highest BCUT2D eigenvalue weighted by Gasteiger charge is 2.16. The zero-order chi connectivity index (χ0) is 14.4. The molecule has 19 heavy (non-hydrogen) atoms. The molecule has 0 atom stereocenters. The molecule has 0 bridgehead atoms. The van der Waals surface area contributed by atoms with Gasteiger partial charge in [-0.05, 0) is 0 Å². The van der Waals surface area contributed by atoms with E-state index in [2.05, 4.69) is 11.8 Å². The van der Waals surface area contributed by atoms with Crippen LogP contribution in [0.2, 0.25) is 0 Å². The largest absolute Gasteiger partial charge is 0.502 e. The topological polar surface area (TPSA) is 80.4 Å². The molecule has 0 aliphatic carbocycles. The number of carbonyl (C=O) groups is 1. The number of carbonyl (C=O) groups excluding carboxylic acids is 1. The maximum absolute atomic E-state index is 13.4. The minimum absolute atomic E-state index is 0.0340. The Morgan fingerprint density at radius 2 is 2.26 bits per heavy atom. The summed E-state index contributed by atoms with van der Waals surface area (Å²) in [7, 11) is 0. The Balaban J connectivity index is 2.84. The highest BCUT2D eigenvalue weighted by atomic mass is 32.2. The summed E-state index contributed by atoms with van der Waals surface area (Å²) >= 11 is 1.10. The summed E-state index contributed by atoms with van der Waals surface area (Å²) < 4.78 is 13.4. The van der Waals surface area contributed by atoms with Gasteiger partial charge < -0.3 is 5.11 Å². The first-order valence-corrected chi connectivity index (χ1v) is 6.19. The summed E-state index contributed by atoms with van der Waals surface area (Å²) in [5.41, 5.74) is -0.749. The molecule has 0 spiro atoms. The molecule has 0 saturated heterocycles. The fourth-order valence-electron chi connectivity index (χ4n) is 1.20. The number of aromatic hydroxyl groups is 1. The van der Waals surface area contributed by atoms with Crippen molar-refractivity contribution in [3.05, 3.63) is 33.6 Å². The molecular weight excluding hydrogens is 273 g/mol. The van der Waals surface area contributed by atoms with Crippen molar-refractivity contribution < 1.29 is 19.2 Å². The fourth-order valence-corrected chi connectivity index (χ4v) is 1.69. The van der Waals surface area contributed by atoms with Crippen LogP contribution in [0.1, 0.15) is 18.9 Å². The van der Waals surface area contributed by atoms with Crippen molar-refractivity contribution in [2.75, 3.05) is 5.75 Å². The lowest BCUT2D eigenvalue weighted by atomic mass is 10.1. The van der Waals surface area contributed by atoms with Crippen LogP contribution in [0.3, 0.4) is 0 Å². The lowest BCUT2D eigenvalue weighted by Gasteiger charge is -1.98. The number of halogens is 1. The number of rotatable bonds is 3. The normalized spacial score (nSPS) is 9.58. The molecule has 0 unspecified atom stereocenters. The third-order valence-electron chi connectivity index (χ3n) is 2.02. The predicted octanol–water partition coefficient (Wildman–Crippen LogP) is 2.46. The number of nitro groups is 1. The van der Waals surface area contributed by atoms with E-state index in [0.29, 0.717) is 18.2 Å². The summed E-state index contributed by atoms with van der Waals surface area (Å²) in [6.07, 6.45) is 0.359. The third kappa shape index (κ3) is 4.60. The fraction of sp³-hybridized carbons (Fsp3) is 0.250. The Bertz CT molecular complexity index is 577. The van der Waals surface area contributed by atoms with Gasteiger partial charge in [0.2, 0.25) is 0 Å². The molecule has 0 aliphatic heterocycles. The Morgan fingerprint density at radius 1 is 1.58 bits per heavy atom. The Morgan fingerprint density at radius 3 is 2.84 bits per heavy atom. The van der Waals surface area contributed by atoms with E-state index in [1.165, 1.54) is 6.92 Å². The van der Waals surface area contributed by atoms with Crippen LogP contribution >= 0.6 is 11.8 Å². The number of hydrogen-bond acceptors (Lipinski definition) is 5. The van der Waals surface area contributed by atoms with E-state index in [-0.39, 0.29) is 10.7 Å². The SMILES string of the molecule is CC(=O)SCCC#Cc1cc([N+](=O)[O-])c(O)cc1F. The molecule has 0 aromatic heterocycles. The number of thioether (sulfide) groups is 1. The number of nitrogens with zero attached hydrogens (tertiary/aromatic N) is 1. The quantitative estimate of drug-likeness (QED) is 0.399. The van der Waals surface area contributed by atoms with Gasteiger partial charge in [0, 0.05) is 31.2 Å². The van der Waals surface area contributed by atoms with Gasteiger partial charge in [-0.25, -0.2) is 4.39 Å². The van der Waals surface area contributed by atoms with Gasteiger partial charge in [-0.1, -0.05) is 23.6 Å². The molecule has 5 nitrogen and oxygen atoms in total. The van der Waals surface area contributed by atoms with Crippen molar-refractivity contribution in [1.29, 1.82) is 0 Å². The lowest BCUT2D eigenvalue weighted by molar-refractivity contribution is -0.385. The number of nitro benzene ring substituents is 1. The molecule has 0 amide bonds. The van der Waals surface area contributed by atoms with E-state index < -0.39 is 22.2 Å². The van der Waals surface area contributed by atoms with E-state index in [9.17, 15) is 24.4 Å². The van der Waals surface area contributed by atoms with Crippen molar-refractivity contribution in [2.45, 2.75) is 13.3 Å². The van der Waals surface area contributed by atoms with E-state index in [1.54, 1.807) is 0 Å². The zero-order valence-electron chi connectivity index (χ0n) is 9.97. The Labute approximate surface area is 113 Å². The van der Waals surface area contributed by atoms with Crippen LogP contribution in [0.25, 0.3) is 0 Å². The number of hydrogen-bond donors (Lipinski definition) is 1. The van der Waals surface area contributed by atoms with E-state index in [0.717, 1.165) is 17.8 Å². The second-order valence-electron chi connectivity index (χ2n) is 3.47. The summed E-state index contributed by atoms with van der Waals surface area (Å²) in [6, 6.07) is 1.54. The second kappa shape index (κ2) is 6.75. The molecule has 0 saturated carbocycles. The van der Waals surface area contributed by atoms with Crippen molar-refractivity contribution in [1.82, 2.24) is 0 Å². The molecule has 0 heterocycles. The maximum Gasteiger partial charge on any atom is 0.312 e. The van der Waals surface area contributed by atoms with Crippen LogP contribution in [-0.2, 0) is 4.79 Å². The van der Waals surface area contributed by atoms with E-state index in [1.807, 2.05) is 0 Å². The number of phenols is 1. The Kier molecular flexibility index (Phi) is 5.33.